The second-order valence-electron chi connectivity index (χ2n) is 6.30. The topological polar surface area (TPSA) is 67.9 Å². The third-order valence-corrected chi connectivity index (χ3v) is 4.24. The molecular formula is C15H26N2O4. The SMILES string of the molecule is COCCOCCCN1C(=O)C(C2CC2)NC(=O)C1(C)C. The van der Waals surface area contributed by atoms with Crippen LogP contribution < -0.4 is 5.32 Å². The quantitative estimate of drug-likeness (QED) is 0.665. The molecule has 1 aliphatic carbocycles. The van der Waals surface area contributed by atoms with Crippen molar-refractivity contribution < 1.29 is 19.1 Å². The molecule has 6 heteroatoms. The first-order valence-electron chi connectivity index (χ1n) is 7.67. The van der Waals surface area contributed by atoms with Crippen molar-refractivity contribution in [3.63, 3.8) is 0 Å². The molecule has 1 aliphatic heterocycles. The smallest absolute Gasteiger partial charge is 0.246 e. The number of carbonyl (C=O) groups is 2. The Bertz CT molecular complexity index is 393. The highest BCUT2D eigenvalue weighted by molar-refractivity contribution is 5.99. The number of hydrogen-bond donors (Lipinski definition) is 1. The highest BCUT2D eigenvalue weighted by Gasteiger charge is 2.50. The number of nitrogens with one attached hydrogen (secondary N) is 1. The standard InChI is InChI=1S/C15H26N2O4/c1-15(2)14(19)16-12(11-5-6-11)13(18)17(15)7-4-8-21-10-9-20-3/h11-12H,4-10H2,1-3H3,(H,16,19). The molecule has 120 valence electrons. The van der Waals surface area contributed by atoms with E-state index in [4.69, 9.17) is 9.47 Å². The summed E-state index contributed by atoms with van der Waals surface area (Å²) in [7, 11) is 1.63. The van der Waals surface area contributed by atoms with Crippen LogP contribution in [0.25, 0.3) is 0 Å². The number of ether oxygens (including phenoxy) is 2. The van der Waals surface area contributed by atoms with E-state index >= 15 is 0 Å². The zero-order chi connectivity index (χ0) is 15.5. The normalized spacial score (nSPS) is 25.1. The molecule has 6 nitrogen and oxygen atoms in total. The summed E-state index contributed by atoms with van der Waals surface area (Å²) in [6.07, 6.45) is 2.79. The zero-order valence-electron chi connectivity index (χ0n) is 13.2. The van der Waals surface area contributed by atoms with Gasteiger partial charge in [-0.05, 0) is 39.0 Å². The third kappa shape index (κ3) is 3.74. The molecule has 1 heterocycles. The molecule has 0 aromatic heterocycles. The van der Waals surface area contributed by atoms with Crippen LogP contribution in [0.2, 0.25) is 0 Å². The van der Waals surface area contributed by atoms with Gasteiger partial charge in [-0.1, -0.05) is 0 Å². The number of amides is 2. The molecule has 0 bridgehead atoms. The van der Waals surface area contributed by atoms with Crippen molar-refractivity contribution in [2.45, 2.75) is 44.7 Å². The van der Waals surface area contributed by atoms with E-state index in [9.17, 15) is 9.59 Å². The Labute approximate surface area is 126 Å². The van der Waals surface area contributed by atoms with Gasteiger partial charge in [0.05, 0.1) is 13.2 Å². The van der Waals surface area contributed by atoms with Crippen molar-refractivity contribution in [1.82, 2.24) is 10.2 Å². The Morgan fingerprint density at radius 1 is 1.24 bits per heavy atom. The first-order valence-corrected chi connectivity index (χ1v) is 7.67. The summed E-state index contributed by atoms with van der Waals surface area (Å²) < 4.78 is 10.3. The molecule has 2 rings (SSSR count). The summed E-state index contributed by atoms with van der Waals surface area (Å²) in [5.74, 6) is 0.330. The summed E-state index contributed by atoms with van der Waals surface area (Å²) in [5, 5.41) is 2.89. The lowest BCUT2D eigenvalue weighted by atomic mass is 9.94. The summed E-state index contributed by atoms with van der Waals surface area (Å²) >= 11 is 0. The number of piperazine rings is 1. The molecule has 0 aromatic rings. The molecule has 1 saturated carbocycles. The fourth-order valence-electron chi connectivity index (χ4n) is 2.65. The van der Waals surface area contributed by atoms with Crippen molar-refractivity contribution in [2.24, 2.45) is 5.92 Å². The van der Waals surface area contributed by atoms with Gasteiger partial charge in [-0.25, -0.2) is 0 Å². The van der Waals surface area contributed by atoms with E-state index in [1.165, 1.54) is 0 Å². The van der Waals surface area contributed by atoms with Gasteiger partial charge in [0, 0.05) is 20.3 Å². The number of nitrogens with zero attached hydrogens (tertiary/aromatic N) is 1. The lowest BCUT2D eigenvalue weighted by molar-refractivity contribution is -0.156. The summed E-state index contributed by atoms with van der Waals surface area (Å²) in [6.45, 7) is 5.85. The Kier molecular flexibility index (Phi) is 5.22. The zero-order valence-corrected chi connectivity index (χ0v) is 13.2. The number of rotatable bonds is 8. The van der Waals surface area contributed by atoms with E-state index in [2.05, 4.69) is 5.32 Å². The maximum absolute atomic E-state index is 12.6. The summed E-state index contributed by atoms with van der Waals surface area (Å²) in [5.41, 5.74) is -0.783. The first kappa shape index (κ1) is 16.2. The second-order valence-corrected chi connectivity index (χ2v) is 6.30. The third-order valence-electron chi connectivity index (χ3n) is 4.24. The minimum atomic E-state index is -0.783. The van der Waals surface area contributed by atoms with Crippen LogP contribution in [-0.2, 0) is 19.1 Å². The highest BCUT2D eigenvalue weighted by Crippen LogP contribution is 2.36. The molecule has 2 fully saturated rings. The molecule has 2 amide bonds. The van der Waals surface area contributed by atoms with E-state index in [1.54, 1.807) is 25.9 Å². The fraction of sp³-hybridized carbons (Fsp3) is 0.867. The van der Waals surface area contributed by atoms with Crippen LogP contribution in [0.15, 0.2) is 0 Å². The van der Waals surface area contributed by atoms with Crippen LogP contribution in [0.3, 0.4) is 0 Å². The van der Waals surface area contributed by atoms with Crippen LogP contribution in [0.4, 0.5) is 0 Å². The minimum absolute atomic E-state index is 0.0546. The molecular weight excluding hydrogens is 272 g/mol. The molecule has 0 radical (unpaired) electrons. The Morgan fingerprint density at radius 2 is 1.95 bits per heavy atom. The van der Waals surface area contributed by atoms with E-state index in [0.717, 1.165) is 19.3 Å². The van der Waals surface area contributed by atoms with Gasteiger partial charge in [0.25, 0.3) is 0 Å². The van der Waals surface area contributed by atoms with Crippen LogP contribution in [0, 0.1) is 5.92 Å². The van der Waals surface area contributed by atoms with Gasteiger partial charge < -0.3 is 19.7 Å². The van der Waals surface area contributed by atoms with Gasteiger partial charge in [-0.3, -0.25) is 9.59 Å². The van der Waals surface area contributed by atoms with Gasteiger partial charge in [0.15, 0.2) is 0 Å². The van der Waals surface area contributed by atoms with Crippen LogP contribution >= 0.6 is 0 Å². The number of hydrogen-bond acceptors (Lipinski definition) is 4. The molecule has 0 aromatic carbocycles. The Hall–Kier alpha value is -1.14. The summed E-state index contributed by atoms with van der Waals surface area (Å²) in [6, 6.07) is -0.320. The maximum atomic E-state index is 12.6. The Balaban J connectivity index is 1.87. The summed E-state index contributed by atoms with van der Waals surface area (Å²) in [4.78, 5) is 26.5. The number of carbonyl (C=O) groups excluding carboxylic acids is 2. The minimum Gasteiger partial charge on any atom is -0.382 e. The van der Waals surface area contributed by atoms with Gasteiger partial charge in [-0.15, -0.1) is 0 Å². The second kappa shape index (κ2) is 6.75. The van der Waals surface area contributed by atoms with Crippen molar-refractivity contribution in [1.29, 1.82) is 0 Å². The van der Waals surface area contributed by atoms with Crippen molar-refractivity contribution in [3.8, 4) is 0 Å². The van der Waals surface area contributed by atoms with Crippen molar-refractivity contribution >= 4 is 11.8 Å². The average Bonchev–Trinajstić information content (AvgIpc) is 3.26. The molecule has 1 N–H and O–H groups in total. The largest absolute Gasteiger partial charge is 0.382 e. The van der Waals surface area contributed by atoms with Crippen molar-refractivity contribution in [3.05, 3.63) is 0 Å². The lowest BCUT2D eigenvalue weighted by Gasteiger charge is -2.44. The van der Waals surface area contributed by atoms with E-state index in [-0.39, 0.29) is 17.9 Å². The molecule has 0 spiro atoms. The van der Waals surface area contributed by atoms with Crippen LogP contribution in [0.1, 0.15) is 33.1 Å². The molecule has 21 heavy (non-hydrogen) atoms. The molecule has 1 unspecified atom stereocenters. The van der Waals surface area contributed by atoms with E-state index in [0.29, 0.717) is 32.3 Å². The van der Waals surface area contributed by atoms with Crippen LogP contribution in [-0.4, -0.2) is 61.8 Å². The maximum Gasteiger partial charge on any atom is 0.246 e. The molecule has 2 aliphatic rings. The fourth-order valence-corrected chi connectivity index (χ4v) is 2.65. The van der Waals surface area contributed by atoms with Crippen LogP contribution in [0.5, 0.6) is 0 Å². The van der Waals surface area contributed by atoms with E-state index in [1.807, 2.05) is 0 Å². The highest BCUT2D eigenvalue weighted by atomic mass is 16.5. The van der Waals surface area contributed by atoms with Gasteiger partial charge >= 0.3 is 0 Å². The molecule has 1 saturated heterocycles. The lowest BCUT2D eigenvalue weighted by Crippen LogP contribution is -2.69. The molecule has 1 atom stereocenters. The van der Waals surface area contributed by atoms with Crippen molar-refractivity contribution in [2.75, 3.05) is 33.5 Å². The predicted molar refractivity (Wildman–Crippen MR) is 77.8 cm³/mol. The van der Waals surface area contributed by atoms with E-state index < -0.39 is 5.54 Å². The predicted octanol–water partition coefficient (Wildman–Crippen LogP) is 0.555. The van der Waals surface area contributed by atoms with Gasteiger partial charge in [0.2, 0.25) is 11.8 Å². The average molecular weight is 298 g/mol. The first-order chi connectivity index (χ1) is 9.98. The van der Waals surface area contributed by atoms with Gasteiger partial charge in [0.1, 0.15) is 11.6 Å². The number of methoxy groups -OCH3 is 1. The Morgan fingerprint density at radius 3 is 2.57 bits per heavy atom. The van der Waals surface area contributed by atoms with Gasteiger partial charge in [-0.2, -0.15) is 0 Å². The monoisotopic (exact) mass is 298 g/mol.